The summed E-state index contributed by atoms with van der Waals surface area (Å²) in [6.45, 7) is 2.72. The van der Waals surface area contributed by atoms with Crippen LogP contribution in [0.4, 0.5) is 5.69 Å². The van der Waals surface area contributed by atoms with Gasteiger partial charge in [-0.25, -0.2) is 4.98 Å². The van der Waals surface area contributed by atoms with Crippen LogP contribution in [0.25, 0.3) is 0 Å². The fraction of sp³-hybridized carbons (Fsp3) is 0.111. The second-order valence-corrected chi connectivity index (χ2v) is 6.18. The van der Waals surface area contributed by atoms with E-state index in [1.165, 1.54) is 0 Å². The predicted octanol–water partition coefficient (Wildman–Crippen LogP) is 4.25. The second kappa shape index (κ2) is 6.79. The number of aryl methyl sites for hydroxylation is 1. The molecule has 0 aliphatic carbocycles. The van der Waals surface area contributed by atoms with E-state index in [0.717, 1.165) is 28.1 Å². The van der Waals surface area contributed by atoms with Crippen molar-refractivity contribution < 1.29 is 4.79 Å². The zero-order chi connectivity index (χ0) is 16.2. The van der Waals surface area contributed by atoms with E-state index < -0.39 is 0 Å². The maximum atomic E-state index is 12.3. The molecule has 0 aliphatic rings. The van der Waals surface area contributed by atoms with E-state index in [-0.39, 0.29) is 5.91 Å². The Labute approximate surface area is 143 Å². The van der Waals surface area contributed by atoms with Crippen LogP contribution in [0.15, 0.2) is 65.4 Å². The van der Waals surface area contributed by atoms with Gasteiger partial charge in [-0.1, -0.05) is 34.1 Å². The van der Waals surface area contributed by atoms with Crippen LogP contribution >= 0.6 is 15.9 Å². The van der Waals surface area contributed by atoms with E-state index in [4.69, 9.17) is 0 Å². The quantitative estimate of drug-likeness (QED) is 0.746. The number of rotatable bonds is 4. The van der Waals surface area contributed by atoms with E-state index in [1.54, 1.807) is 6.20 Å². The van der Waals surface area contributed by atoms with Crippen LogP contribution in [-0.2, 0) is 6.54 Å². The van der Waals surface area contributed by atoms with Gasteiger partial charge in [0.2, 0.25) is 0 Å². The van der Waals surface area contributed by atoms with Crippen LogP contribution in [0.2, 0.25) is 0 Å². The molecule has 1 amide bonds. The Kier molecular flexibility index (Phi) is 4.57. The molecule has 116 valence electrons. The molecule has 3 aromatic rings. The van der Waals surface area contributed by atoms with Crippen molar-refractivity contribution >= 4 is 27.5 Å². The number of imidazole rings is 1. The molecular formula is C18H16BrN3O. The number of carbonyl (C=O) groups is 1. The highest BCUT2D eigenvalue weighted by Crippen LogP contribution is 2.17. The average molecular weight is 370 g/mol. The molecule has 5 heteroatoms. The normalized spacial score (nSPS) is 10.5. The molecule has 0 aliphatic heterocycles. The first-order chi connectivity index (χ1) is 11.1. The van der Waals surface area contributed by atoms with Crippen molar-refractivity contribution in [3.63, 3.8) is 0 Å². The maximum Gasteiger partial charge on any atom is 0.255 e. The lowest BCUT2D eigenvalue weighted by molar-refractivity contribution is 0.102. The van der Waals surface area contributed by atoms with E-state index >= 15 is 0 Å². The van der Waals surface area contributed by atoms with E-state index in [0.29, 0.717) is 5.56 Å². The highest BCUT2D eigenvalue weighted by Gasteiger charge is 2.07. The van der Waals surface area contributed by atoms with Crippen molar-refractivity contribution in [3.05, 3.63) is 82.3 Å². The summed E-state index contributed by atoms with van der Waals surface area (Å²) in [6.07, 6.45) is 3.73. The lowest BCUT2D eigenvalue weighted by atomic mass is 10.1. The fourth-order valence-corrected chi connectivity index (χ4v) is 2.70. The maximum absolute atomic E-state index is 12.3. The number of benzene rings is 2. The first-order valence-corrected chi connectivity index (χ1v) is 8.05. The van der Waals surface area contributed by atoms with Crippen molar-refractivity contribution in [1.82, 2.24) is 9.55 Å². The summed E-state index contributed by atoms with van der Waals surface area (Å²) in [5, 5.41) is 2.89. The SMILES string of the molecule is Cc1nccn1Cc1ccc(C(=O)Nc2cccc(Br)c2)cc1. The van der Waals surface area contributed by atoms with Gasteiger partial charge in [0.15, 0.2) is 0 Å². The molecule has 0 unspecified atom stereocenters. The number of carbonyl (C=O) groups excluding carboxylic acids is 1. The number of halogens is 1. The molecule has 0 fully saturated rings. The molecule has 0 spiro atoms. The fourth-order valence-electron chi connectivity index (χ4n) is 2.30. The minimum atomic E-state index is -0.117. The summed E-state index contributed by atoms with van der Waals surface area (Å²) >= 11 is 3.39. The number of hydrogen-bond acceptors (Lipinski definition) is 2. The van der Waals surface area contributed by atoms with Crippen molar-refractivity contribution in [3.8, 4) is 0 Å². The molecule has 0 saturated carbocycles. The molecule has 4 nitrogen and oxygen atoms in total. The Morgan fingerprint density at radius 2 is 2.00 bits per heavy atom. The number of nitrogens with zero attached hydrogens (tertiary/aromatic N) is 2. The van der Waals surface area contributed by atoms with Gasteiger partial charge in [-0.05, 0) is 42.8 Å². The van der Waals surface area contributed by atoms with E-state index in [1.807, 2.05) is 61.7 Å². The number of hydrogen-bond donors (Lipinski definition) is 1. The zero-order valence-corrected chi connectivity index (χ0v) is 14.2. The number of aromatic nitrogens is 2. The molecule has 23 heavy (non-hydrogen) atoms. The van der Waals surface area contributed by atoms with Gasteiger partial charge >= 0.3 is 0 Å². The number of nitrogens with one attached hydrogen (secondary N) is 1. The van der Waals surface area contributed by atoms with Gasteiger partial charge in [0.05, 0.1) is 0 Å². The lowest BCUT2D eigenvalue weighted by Crippen LogP contribution is -2.12. The summed E-state index contributed by atoms with van der Waals surface area (Å²) in [5.74, 6) is 0.856. The van der Waals surface area contributed by atoms with Crippen molar-refractivity contribution in [2.45, 2.75) is 13.5 Å². The summed E-state index contributed by atoms with van der Waals surface area (Å²) < 4.78 is 3.00. The van der Waals surface area contributed by atoms with Crippen LogP contribution < -0.4 is 5.32 Å². The van der Waals surface area contributed by atoms with Gasteiger partial charge in [-0.2, -0.15) is 0 Å². The smallest absolute Gasteiger partial charge is 0.255 e. The van der Waals surface area contributed by atoms with Crippen LogP contribution in [0.5, 0.6) is 0 Å². The summed E-state index contributed by atoms with van der Waals surface area (Å²) in [4.78, 5) is 16.5. The Bertz CT molecular complexity index is 824. The zero-order valence-electron chi connectivity index (χ0n) is 12.7. The molecular weight excluding hydrogens is 354 g/mol. The van der Waals surface area contributed by atoms with Crippen molar-refractivity contribution in [1.29, 1.82) is 0 Å². The molecule has 1 heterocycles. The summed E-state index contributed by atoms with van der Waals surface area (Å²) in [5.41, 5.74) is 2.53. The van der Waals surface area contributed by atoms with Gasteiger partial charge in [-0.15, -0.1) is 0 Å². The standard InChI is InChI=1S/C18H16BrN3O/c1-13-20-9-10-22(13)12-14-5-7-15(8-6-14)18(23)21-17-4-2-3-16(19)11-17/h2-11H,12H2,1H3,(H,21,23). The van der Waals surface area contributed by atoms with Crippen molar-refractivity contribution in [2.24, 2.45) is 0 Å². The number of amides is 1. The minimum absolute atomic E-state index is 0.117. The Morgan fingerprint density at radius 3 is 2.65 bits per heavy atom. The topological polar surface area (TPSA) is 46.9 Å². The molecule has 2 aromatic carbocycles. The third-order valence-electron chi connectivity index (χ3n) is 3.58. The van der Waals surface area contributed by atoms with Crippen molar-refractivity contribution in [2.75, 3.05) is 5.32 Å². The highest BCUT2D eigenvalue weighted by atomic mass is 79.9. The van der Waals surface area contributed by atoms with Crippen LogP contribution in [0, 0.1) is 6.92 Å². The van der Waals surface area contributed by atoms with Gasteiger partial charge < -0.3 is 9.88 Å². The summed E-state index contributed by atoms with van der Waals surface area (Å²) in [7, 11) is 0. The van der Waals surface area contributed by atoms with Crippen LogP contribution in [0.1, 0.15) is 21.7 Å². The summed E-state index contributed by atoms with van der Waals surface area (Å²) in [6, 6.07) is 15.2. The first-order valence-electron chi connectivity index (χ1n) is 7.25. The molecule has 0 bridgehead atoms. The average Bonchev–Trinajstić information content (AvgIpc) is 2.93. The van der Waals surface area contributed by atoms with Gasteiger partial charge in [0.25, 0.3) is 5.91 Å². The largest absolute Gasteiger partial charge is 0.331 e. The Morgan fingerprint density at radius 1 is 1.22 bits per heavy atom. The van der Waals surface area contributed by atoms with E-state index in [9.17, 15) is 4.79 Å². The van der Waals surface area contributed by atoms with Gasteiger partial charge in [-0.3, -0.25) is 4.79 Å². The molecule has 0 radical (unpaired) electrons. The molecule has 0 atom stereocenters. The molecule has 0 saturated heterocycles. The molecule has 1 N–H and O–H groups in total. The van der Waals surface area contributed by atoms with Crippen LogP contribution in [-0.4, -0.2) is 15.5 Å². The second-order valence-electron chi connectivity index (χ2n) is 5.26. The minimum Gasteiger partial charge on any atom is -0.331 e. The highest BCUT2D eigenvalue weighted by molar-refractivity contribution is 9.10. The third-order valence-corrected chi connectivity index (χ3v) is 4.07. The molecule has 1 aromatic heterocycles. The molecule has 3 rings (SSSR count). The first kappa shape index (κ1) is 15.5. The predicted molar refractivity (Wildman–Crippen MR) is 94.6 cm³/mol. The third kappa shape index (κ3) is 3.87. The van der Waals surface area contributed by atoms with Crippen LogP contribution in [0.3, 0.4) is 0 Å². The van der Waals surface area contributed by atoms with Gasteiger partial charge in [0.1, 0.15) is 5.82 Å². The Balaban J connectivity index is 1.69. The van der Waals surface area contributed by atoms with Gasteiger partial charge in [0, 0.05) is 34.7 Å². The monoisotopic (exact) mass is 369 g/mol. The number of anilines is 1. The Hall–Kier alpha value is -2.40. The lowest BCUT2D eigenvalue weighted by Gasteiger charge is -2.08. The van der Waals surface area contributed by atoms with E-state index in [2.05, 4.69) is 30.8 Å².